The Morgan fingerprint density at radius 1 is 0.643 bits per heavy atom. The number of pyridine rings is 2. The van der Waals surface area contributed by atoms with Crippen LogP contribution in [0.4, 0.5) is 21.0 Å². The number of methoxy groups -OCH3 is 1. The summed E-state index contributed by atoms with van der Waals surface area (Å²) in [6, 6.07) is 24.1. The summed E-state index contributed by atoms with van der Waals surface area (Å²) in [6.07, 6.45) is 2.79. The maximum Gasteiger partial charge on any atom is 0.339 e. The Bertz CT molecular complexity index is 2020. The third-order valence-electron chi connectivity index (χ3n) is 8.93. The Labute approximate surface area is 324 Å². The molecule has 2 aromatic heterocycles. The molecular weight excluding hydrogens is 765 g/mol. The van der Waals surface area contributed by atoms with Crippen molar-refractivity contribution in [1.82, 2.24) is 25.2 Å². The number of sulfone groups is 2. The van der Waals surface area contributed by atoms with Crippen LogP contribution in [0.15, 0.2) is 97.3 Å². The molecule has 3 N–H and O–H groups in total. The smallest absolute Gasteiger partial charge is 0.339 e. The lowest BCUT2D eigenvalue weighted by Crippen LogP contribution is -2.49. The number of esters is 1. The van der Waals surface area contributed by atoms with Crippen LogP contribution in [0.5, 0.6) is 0 Å². The number of nitrogens with zero attached hydrogens (tertiary/aromatic N) is 6. The quantitative estimate of drug-likeness (QED) is 0.113. The van der Waals surface area contributed by atoms with Crippen LogP contribution in [0.2, 0.25) is 0 Å². The molecule has 0 atom stereocenters. The van der Waals surface area contributed by atoms with Crippen LogP contribution >= 0.6 is 0 Å². The van der Waals surface area contributed by atoms with Crippen molar-refractivity contribution in [1.29, 1.82) is 0 Å². The van der Waals surface area contributed by atoms with Gasteiger partial charge in [-0.2, -0.15) is 0 Å². The molecule has 0 bridgehead atoms. The normalized spacial score (nSPS) is 15.7. The number of para-hydroxylation sites is 2. The van der Waals surface area contributed by atoms with Crippen molar-refractivity contribution < 1.29 is 40.8 Å². The highest BCUT2D eigenvalue weighted by molar-refractivity contribution is 7.91. The number of ether oxygens (including phenoxy) is 1. The van der Waals surface area contributed by atoms with Gasteiger partial charge in [0, 0.05) is 49.9 Å². The minimum absolute atomic E-state index is 0.0343. The molecule has 0 unspecified atom stereocenters. The number of urea groups is 2. The Balaban J connectivity index is 0.000000214. The zero-order valence-electron chi connectivity index (χ0n) is 30.6. The number of amides is 5. The highest BCUT2D eigenvalue weighted by atomic mass is 32.2. The standard InChI is InChI=1S/C19H21N3O5S.C18H21N5O4S/c1-27-18(23)15-7-8-16(20-13-15)14-22(17-5-3-2-4-6-17)19(24)21-9-11-28(25,26)12-10-21;19-21-17(24)14-6-7-15(20-12-14)13-23(16-4-2-1-3-5-16)18(25)22-8-10-28(26,27)11-9-22/h2-8,13H,9-12,14H2,1H3;1-7,12H,8-11,13,19H2,(H,21,24). The number of hydrogen-bond acceptors (Lipinski definition) is 12. The zero-order chi connectivity index (χ0) is 40.3. The highest BCUT2D eigenvalue weighted by Crippen LogP contribution is 2.21. The topological polar surface area (TPSA) is 223 Å². The number of hydrazine groups is 1. The molecule has 5 amide bonds. The van der Waals surface area contributed by atoms with Gasteiger partial charge >= 0.3 is 18.0 Å². The molecule has 296 valence electrons. The molecule has 2 aromatic carbocycles. The van der Waals surface area contributed by atoms with Crippen LogP contribution in [0.3, 0.4) is 0 Å². The first kappa shape index (κ1) is 41.2. The van der Waals surface area contributed by atoms with E-state index in [-0.39, 0.29) is 74.3 Å². The van der Waals surface area contributed by atoms with Gasteiger partial charge in [-0.05, 0) is 48.5 Å². The molecule has 2 aliphatic rings. The summed E-state index contributed by atoms with van der Waals surface area (Å²) >= 11 is 0. The van der Waals surface area contributed by atoms with Crippen molar-refractivity contribution in [3.8, 4) is 0 Å². The van der Waals surface area contributed by atoms with E-state index in [2.05, 4.69) is 14.7 Å². The summed E-state index contributed by atoms with van der Waals surface area (Å²) in [7, 11) is -4.87. The van der Waals surface area contributed by atoms with E-state index in [0.29, 0.717) is 33.9 Å². The van der Waals surface area contributed by atoms with Gasteiger partial charge in [0.05, 0.1) is 65.7 Å². The van der Waals surface area contributed by atoms with E-state index in [0.717, 1.165) is 0 Å². The number of anilines is 2. The maximum absolute atomic E-state index is 13.1. The summed E-state index contributed by atoms with van der Waals surface area (Å²) in [5.74, 6) is 4.03. The first-order valence-electron chi connectivity index (χ1n) is 17.4. The molecule has 2 fully saturated rings. The van der Waals surface area contributed by atoms with Gasteiger partial charge in [0.1, 0.15) is 0 Å². The first-order valence-corrected chi connectivity index (χ1v) is 21.1. The van der Waals surface area contributed by atoms with E-state index in [9.17, 15) is 36.0 Å². The predicted octanol–water partition coefficient (Wildman–Crippen LogP) is 2.27. The third-order valence-corrected chi connectivity index (χ3v) is 12.1. The van der Waals surface area contributed by atoms with Crippen molar-refractivity contribution in [2.45, 2.75) is 13.1 Å². The summed E-state index contributed by atoms with van der Waals surface area (Å²) in [5.41, 5.74) is 5.19. The summed E-state index contributed by atoms with van der Waals surface area (Å²) in [4.78, 5) is 63.9. The van der Waals surface area contributed by atoms with Gasteiger partial charge < -0.3 is 14.5 Å². The lowest BCUT2D eigenvalue weighted by Gasteiger charge is -2.32. The fourth-order valence-electron chi connectivity index (χ4n) is 5.72. The zero-order valence-corrected chi connectivity index (χ0v) is 32.2. The van der Waals surface area contributed by atoms with Gasteiger partial charge in [0.25, 0.3) is 5.91 Å². The van der Waals surface area contributed by atoms with Gasteiger partial charge in [0.2, 0.25) is 0 Å². The minimum atomic E-state index is -3.09. The monoisotopic (exact) mass is 806 g/mol. The number of nitrogens with one attached hydrogen (secondary N) is 1. The Kier molecular flexibility index (Phi) is 13.7. The van der Waals surface area contributed by atoms with Crippen LogP contribution in [-0.4, -0.2) is 117 Å². The molecule has 0 radical (unpaired) electrons. The molecule has 6 rings (SSSR count). The SMILES string of the molecule is COC(=O)c1ccc(CN(C(=O)N2CCS(=O)(=O)CC2)c2ccccc2)nc1.NNC(=O)c1ccc(CN(C(=O)N2CCS(=O)(=O)CC2)c2ccccc2)nc1. The second-order valence-corrected chi connectivity index (χ2v) is 17.3. The van der Waals surface area contributed by atoms with Crippen LogP contribution < -0.4 is 21.1 Å². The molecule has 0 aliphatic carbocycles. The molecule has 17 nitrogen and oxygen atoms in total. The van der Waals surface area contributed by atoms with E-state index >= 15 is 0 Å². The average molecular weight is 807 g/mol. The second-order valence-electron chi connectivity index (χ2n) is 12.7. The number of rotatable bonds is 8. The third kappa shape index (κ3) is 11.1. The van der Waals surface area contributed by atoms with Crippen molar-refractivity contribution in [3.05, 3.63) is 120 Å². The van der Waals surface area contributed by atoms with E-state index in [1.807, 2.05) is 41.8 Å². The number of nitrogens with two attached hydrogens (primary N) is 1. The van der Waals surface area contributed by atoms with Crippen LogP contribution in [0.1, 0.15) is 32.1 Å². The van der Waals surface area contributed by atoms with Crippen LogP contribution in [0.25, 0.3) is 0 Å². The fraction of sp³-hybridized carbons (Fsp3) is 0.297. The van der Waals surface area contributed by atoms with Gasteiger partial charge in [0.15, 0.2) is 19.7 Å². The number of hydrogen-bond donors (Lipinski definition) is 2. The van der Waals surface area contributed by atoms with Crippen molar-refractivity contribution >= 4 is 55.0 Å². The summed E-state index contributed by atoms with van der Waals surface area (Å²) in [6.45, 7) is 1.02. The van der Waals surface area contributed by atoms with Crippen molar-refractivity contribution in [3.63, 3.8) is 0 Å². The second kappa shape index (κ2) is 18.6. The largest absolute Gasteiger partial charge is 0.465 e. The molecule has 19 heteroatoms. The molecule has 4 heterocycles. The summed E-state index contributed by atoms with van der Waals surface area (Å²) < 4.78 is 51.3. The molecule has 56 heavy (non-hydrogen) atoms. The summed E-state index contributed by atoms with van der Waals surface area (Å²) in [5, 5.41) is 0. The van der Waals surface area contributed by atoms with E-state index in [4.69, 9.17) is 5.84 Å². The van der Waals surface area contributed by atoms with E-state index < -0.39 is 31.6 Å². The maximum atomic E-state index is 13.1. The van der Waals surface area contributed by atoms with Crippen molar-refractivity contribution in [2.75, 3.05) is 66.1 Å². The van der Waals surface area contributed by atoms with Gasteiger partial charge in [-0.3, -0.25) is 30.0 Å². The number of benzene rings is 2. The molecule has 2 aliphatic heterocycles. The Hall–Kier alpha value is -5.92. The van der Waals surface area contributed by atoms with Crippen LogP contribution in [-0.2, 0) is 37.5 Å². The predicted molar refractivity (Wildman–Crippen MR) is 208 cm³/mol. The minimum Gasteiger partial charge on any atom is -0.465 e. The highest BCUT2D eigenvalue weighted by Gasteiger charge is 2.30. The Morgan fingerprint density at radius 2 is 1.04 bits per heavy atom. The number of aromatic nitrogens is 2. The van der Waals surface area contributed by atoms with E-state index in [1.165, 1.54) is 29.3 Å². The number of carbonyl (C=O) groups excluding carboxylic acids is 4. The van der Waals surface area contributed by atoms with Gasteiger partial charge in [-0.1, -0.05) is 36.4 Å². The molecule has 0 spiro atoms. The van der Waals surface area contributed by atoms with Gasteiger partial charge in [-0.25, -0.2) is 37.1 Å². The lowest BCUT2D eigenvalue weighted by atomic mass is 10.2. The Morgan fingerprint density at radius 3 is 1.38 bits per heavy atom. The number of carbonyl (C=O) groups is 4. The van der Waals surface area contributed by atoms with Crippen molar-refractivity contribution in [2.24, 2.45) is 5.84 Å². The molecular formula is C37H42N8O9S2. The lowest BCUT2D eigenvalue weighted by molar-refractivity contribution is 0.0600. The fourth-order valence-corrected chi connectivity index (χ4v) is 8.12. The van der Waals surface area contributed by atoms with Crippen LogP contribution in [0, 0.1) is 0 Å². The molecule has 4 aromatic rings. The average Bonchev–Trinajstić information content (AvgIpc) is 3.22. The molecule has 2 saturated heterocycles. The van der Waals surface area contributed by atoms with Gasteiger partial charge in [-0.15, -0.1) is 0 Å². The molecule has 0 saturated carbocycles. The number of nitrogen functional groups attached to an aromatic ring is 1. The van der Waals surface area contributed by atoms with E-state index in [1.54, 1.807) is 58.3 Å². The first-order chi connectivity index (χ1) is 26.8.